The lowest BCUT2D eigenvalue weighted by Gasteiger charge is -2.05. The van der Waals surface area contributed by atoms with Crippen molar-refractivity contribution in [3.8, 4) is 5.75 Å². The van der Waals surface area contributed by atoms with Crippen molar-refractivity contribution in [3.05, 3.63) is 46.7 Å². The predicted molar refractivity (Wildman–Crippen MR) is 72.4 cm³/mol. The van der Waals surface area contributed by atoms with Gasteiger partial charge in [-0.2, -0.15) is 5.10 Å². The molecule has 1 aromatic heterocycles. The van der Waals surface area contributed by atoms with Crippen LogP contribution in [0.4, 0.5) is 0 Å². The van der Waals surface area contributed by atoms with Crippen LogP contribution in [0.15, 0.2) is 30.5 Å². The monoisotopic (exact) mass is 279 g/mol. The van der Waals surface area contributed by atoms with E-state index >= 15 is 0 Å². The van der Waals surface area contributed by atoms with E-state index in [2.05, 4.69) is 10.4 Å². The summed E-state index contributed by atoms with van der Waals surface area (Å²) in [5.74, 6) is -0.260. The van der Waals surface area contributed by atoms with Gasteiger partial charge in [0.25, 0.3) is 5.91 Å². The zero-order valence-electron chi connectivity index (χ0n) is 10.4. The molecule has 0 saturated carbocycles. The van der Waals surface area contributed by atoms with Crippen molar-refractivity contribution >= 4 is 17.5 Å². The minimum atomic E-state index is -0.224. The number of phenolic OH excluding ortho intramolecular Hbond substituents is 1. The third-order valence-electron chi connectivity index (χ3n) is 2.65. The summed E-state index contributed by atoms with van der Waals surface area (Å²) < 4.78 is 1.72. The number of hydrogen-bond acceptors (Lipinski definition) is 3. The van der Waals surface area contributed by atoms with Gasteiger partial charge in [-0.15, -0.1) is 0 Å². The number of nitrogens with zero attached hydrogens (tertiary/aromatic N) is 2. The Morgan fingerprint density at radius 1 is 1.47 bits per heavy atom. The van der Waals surface area contributed by atoms with Crippen LogP contribution in [0.25, 0.3) is 0 Å². The molecule has 0 atom stereocenters. The van der Waals surface area contributed by atoms with Crippen LogP contribution >= 0.6 is 11.6 Å². The van der Waals surface area contributed by atoms with Gasteiger partial charge in [0.2, 0.25) is 0 Å². The summed E-state index contributed by atoms with van der Waals surface area (Å²) in [6.45, 7) is 0.494. The molecule has 1 heterocycles. The van der Waals surface area contributed by atoms with Crippen molar-refractivity contribution in [3.63, 3.8) is 0 Å². The van der Waals surface area contributed by atoms with E-state index < -0.39 is 0 Å². The highest BCUT2D eigenvalue weighted by Crippen LogP contribution is 2.23. The van der Waals surface area contributed by atoms with Gasteiger partial charge in [0.15, 0.2) is 0 Å². The smallest absolute Gasteiger partial charge is 0.251 e. The van der Waals surface area contributed by atoms with Crippen LogP contribution in [-0.4, -0.2) is 27.3 Å². The molecule has 0 bridgehead atoms. The number of aryl methyl sites for hydroxylation is 1. The Bertz CT molecular complexity index is 595. The van der Waals surface area contributed by atoms with E-state index in [0.717, 1.165) is 5.69 Å². The zero-order chi connectivity index (χ0) is 13.8. The molecule has 0 aliphatic heterocycles. The first-order chi connectivity index (χ1) is 9.06. The van der Waals surface area contributed by atoms with Crippen molar-refractivity contribution in [2.45, 2.75) is 6.42 Å². The van der Waals surface area contributed by atoms with E-state index in [-0.39, 0.29) is 16.7 Å². The molecule has 1 aromatic carbocycles. The second kappa shape index (κ2) is 5.75. The molecule has 2 N–H and O–H groups in total. The van der Waals surface area contributed by atoms with Crippen LogP contribution in [-0.2, 0) is 13.5 Å². The molecule has 0 aliphatic rings. The maximum absolute atomic E-state index is 11.8. The number of carbonyl (C=O) groups is 1. The summed E-state index contributed by atoms with van der Waals surface area (Å²) in [5.41, 5.74) is 1.34. The Kier molecular flexibility index (Phi) is 4.06. The van der Waals surface area contributed by atoms with E-state index in [1.165, 1.54) is 18.2 Å². The van der Waals surface area contributed by atoms with Gasteiger partial charge < -0.3 is 10.4 Å². The molecule has 19 heavy (non-hydrogen) atoms. The first kappa shape index (κ1) is 13.4. The summed E-state index contributed by atoms with van der Waals surface area (Å²) >= 11 is 5.75. The largest absolute Gasteiger partial charge is 0.506 e. The number of carbonyl (C=O) groups excluding carboxylic acids is 1. The lowest BCUT2D eigenvalue weighted by molar-refractivity contribution is 0.0954. The second-order valence-corrected chi connectivity index (χ2v) is 4.56. The van der Waals surface area contributed by atoms with E-state index in [1.54, 1.807) is 4.68 Å². The summed E-state index contributed by atoms with van der Waals surface area (Å²) in [7, 11) is 1.85. The van der Waals surface area contributed by atoms with E-state index in [9.17, 15) is 9.90 Å². The number of nitrogens with one attached hydrogen (secondary N) is 1. The molecular weight excluding hydrogens is 266 g/mol. The third kappa shape index (κ3) is 3.48. The lowest BCUT2D eigenvalue weighted by atomic mass is 10.2. The fourth-order valence-electron chi connectivity index (χ4n) is 1.65. The fraction of sp³-hybridized carbons (Fsp3) is 0.231. The molecule has 0 unspecified atom stereocenters. The molecule has 100 valence electrons. The Labute approximate surface area is 115 Å². The number of phenols is 1. The number of benzene rings is 1. The van der Waals surface area contributed by atoms with Gasteiger partial charge in [-0.1, -0.05) is 11.6 Å². The molecule has 2 rings (SSSR count). The van der Waals surface area contributed by atoms with Crippen molar-refractivity contribution in [2.24, 2.45) is 7.05 Å². The van der Waals surface area contributed by atoms with Gasteiger partial charge in [-0.25, -0.2) is 0 Å². The molecule has 0 spiro atoms. The van der Waals surface area contributed by atoms with Crippen molar-refractivity contribution in [1.82, 2.24) is 15.1 Å². The minimum Gasteiger partial charge on any atom is -0.506 e. The van der Waals surface area contributed by atoms with Crippen molar-refractivity contribution in [1.29, 1.82) is 0 Å². The highest BCUT2D eigenvalue weighted by Gasteiger charge is 2.08. The summed E-state index contributed by atoms with van der Waals surface area (Å²) in [6.07, 6.45) is 2.52. The average Bonchev–Trinajstić information content (AvgIpc) is 2.78. The first-order valence-corrected chi connectivity index (χ1v) is 6.19. The zero-order valence-corrected chi connectivity index (χ0v) is 11.2. The van der Waals surface area contributed by atoms with Gasteiger partial charge in [-0.3, -0.25) is 9.48 Å². The second-order valence-electron chi connectivity index (χ2n) is 4.15. The third-order valence-corrected chi connectivity index (χ3v) is 2.95. The number of halogens is 1. The number of amides is 1. The Balaban J connectivity index is 1.89. The Hall–Kier alpha value is -2.01. The van der Waals surface area contributed by atoms with Crippen LogP contribution in [0.5, 0.6) is 5.75 Å². The fourth-order valence-corrected chi connectivity index (χ4v) is 1.83. The molecule has 6 heteroatoms. The van der Waals surface area contributed by atoms with E-state index in [1.807, 2.05) is 19.3 Å². The van der Waals surface area contributed by atoms with Gasteiger partial charge in [0, 0.05) is 31.8 Å². The van der Waals surface area contributed by atoms with Gasteiger partial charge in [0.05, 0.1) is 10.7 Å². The SMILES string of the molecule is Cn1ccc(CCNC(=O)c2ccc(O)c(Cl)c2)n1. The van der Waals surface area contributed by atoms with Crippen LogP contribution in [0.3, 0.4) is 0 Å². The standard InChI is InChI=1S/C13H14ClN3O2/c1-17-7-5-10(16-17)4-6-15-13(19)9-2-3-12(18)11(14)8-9/h2-3,5,7-8,18H,4,6H2,1H3,(H,15,19). The predicted octanol–water partition coefficient (Wildman–Crippen LogP) is 1.75. The number of aromatic hydroxyl groups is 1. The first-order valence-electron chi connectivity index (χ1n) is 5.81. The van der Waals surface area contributed by atoms with E-state index in [0.29, 0.717) is 18.5 Å². The van der Waals surface area contributed by atoms with Crippen molar-refractivity contribution < 1.29 is 9.90 Å². The van der Waals surface area contributed by atoms with Crippen molar-refractivity contribution in [2.75, 3.05) is 6.54 Å². The van der Waals surface area contributed by atoms with Gasteiger partial charge in [-0.05, 0) is 24.3 Å². The summed E-state index contributed by atoms with van der Waals surface area (Å²) in [5, 5.41) is 16.4. The Morgan fingerprint density at radius 3 is 2.89 bits per heavy atom. The Morgan fingerprint density at radius 2 is 2.26 bits per heavy atom. The van der Waals surface area contributed by atoms with Crippen LogP contribution in [0.1, 0.15) is 16.1 Å². The molecule has 2 aromatic rings. The summed E-state index contributed by atoms with van der Waals surface area (Å²) in [6, 6.07) is 6.27. The maximum Gasteiger partial charge on any atom is 0.251 e. The highest BCUT2D eigenvalue weighted by atomic mass is 35.5. The molecule has 0 radical (unpaired) electrons. The molecule has 1 amide bonds. The van der Waals surface area contributed by atoms with Gasteiger partial charge in [0.1, 0.15) is 5.75 Å². The number of aromatic nitrogens is 2. The molecule has 0 aliphatic carbocycles. The molecule has 5 nitrogen and oxygen atoms in total. The minimum absolute atomic E-state index is 0.0355. The van der Waals surface area contributed by atoms with Crippen LogP contribution in [0.2, 0.25) is 5.02 Å². The lowest BCUT2D eigenvalue weighted by Crippen LogP contribution is -2.25. The number of hydrogen-bond donors (Lipinski definition) is 2. The summed E-state index contributed by atoms with van der Waals surface area (Å²) in [4.78, 5) is 11.8. The normalized spacial score (nSPS) is 10.4. The van der Waals surface area contributed by atoms with E-state index in [4.69, 9.17) is 11.6 Å². The molecule has 0 saturated heterocycles. The highest BCUT2D eigenvalue weighted by molar-refractivity contribution is 6.32. The number of rotatable bonds is 4. The average molecular weight is 280 g/mol. The van der Waals surface area contributed by atoms with Crippen LogP contribution in [0, 0.1) is 0 Å². The molecule has 0 fully saturated rings. The quantitative estimate of drug-likeness (QED) is 0.896. The van der Waals surface area contributed by atoms with Crippen LogP contribution < -0.4 is 5.32 Å². The molecular formula is C13H14ClN3O2. The van der Waals surface area contributed by atoms with Gasteiger partial charge >= 0.3 is 0 Å². The topological polar surface area (TPSA) is 67.2 Å². The maximum atomic E-state index is 11.8.